The predicted octanol–water partition coefficient (Wildman–Crippen LogP) is 1.19. The largest absolute Gasteiger partial charge is 0.480 e. The number of benzene rings is 1. The number of rotatable bonds is 2. The Morgan fingerprint density at radius 2 is 2.18 bits per heavy atom. The van der Waals surface area contributed by atoms with E-state index in [-0.39, 0.29) is 16.9 Å². The lowest BCUT2D eigenvalue weighted by atomic mass is 9.94. The van der Waals surface area contributed by atoms with Crippen LogP contribution in [0.5, 0.6) is 0 Å². The van der Waals surface area contributed by atoms with E-state index in [9.17, 15) is 19.7 Å². The second-order valence-corrected chi connectivity index (χ2v) is 3.42. The first kappa shape index (κ1) is 10.9. The molecular formula is C10H6N2O5. The molecule has 0 aliphatic carbocycles. The fourth-order valence-corrected chi connectivity index (χ4v) is 1.51. The normalized spacial score (nSPS) is 17.6. The average molecular weight is 234 g/mol. The summed E-state index contributed by atoms with van der Waals surface area (Å²) < 4.78 is 0. The SMILES string of the molecule is O=C(O)C1C=Nc2cc([N+](=O)[O-])ccc2C1=O. The van der Waals surface area contributed by atoms with Gasteiger partial charge in [0.2, 0.25) is 0 Å². The quantitative estimate of drug-likeness (QED) is 0.469. The molecule has 0 saturated carbocycles. The summed E-state index contributed by atoms with van der Waals surface area (Å²) in [5.74, 6) is -3.22. The molecular weight excluding hydrogens is 228 g/mol. The Labute approximate surface area is 94.6 Å². The number of carboxylic acids is 1. The minimum atomic E-state index is -1.32. The topological polar surface area (TPSA) is 110 Å². The van der Waals surface area contributed by atoms with Crippen molar-refractivity contribution in [3.8, 4) is 0 Å². The highest BCUT2D eigenvalue weighted by Gasteiger charge is 2.31. The zero-order valence-corrected chi connectivity index (χ0v) is 8.36. The van der Waals surface area contributed by atoms with Gasteiger partial charge < -0.3 is 5.11 Å². The average Bonchev–Trinajstić information content (AvgIpc) is 2.28. The molecule has 0 fully saturated rings. The number of ketones is 1. The van der Waals surface area contributed by atoms with Crippen LogP contribution in [0, 0.1) is 16.0 Å². The lowest BCUT2D eigenvalue weighted by molar-refractivity contribution is -0.384. The molecule has 1 atom stereocenters. The maximum atomic E-state index is 11.7. The highest BCUT2D eigenvalue weighted by molar-refractivity contribution is 6.22. The smallest absolute Gasteiger partial charge is 0.319 e. The molecule has 86 valence electrons. The van der Waals surface area contributed by atoms with Gasteiger partial charge in [0.05, 0.1) is 10.6 Å². The Morgan fingerprint density at radius 1 is 1.47 bits per heavy atom. The van der Waals surface area contributed by atoms with E-state index < -0.39 is 22.6 Å². The van der Waals surface area contributed by atoms with Crippen molar-refractivity contribution in [1.29, 1.82) is 0 Å². The van der Waals surface area contributed by atoms with Crippen LogP contribution in [0.15, 0.2) is 23.2 Å². The monoisotopic (exact) mass is 234 g/mol. The minimum absolute atomic E-state index is 0.0884. The van der Waals surface area contributed by atoms with E-state index in [4.69, 9.17) is 5.11 Å². The van der Waals surface area contributed by atoms with Gasteiger partial charge in [0.15, 0.2) is 11.7 Å². The molecule has 2 rings (SSSR count). The fourth-order valence-electron chi connectivity index (χ4n) is 1.51. The second kappa shape index (κ2) is 3.78. The Balaban J connectivity index is 2.49. The van der Waals surface area contributed by atoms with Crippen LogP contribution in [-0.4, -0.2) is 28.0 Å². The molecule has 7 heteroatoms. The van der Waals surface area contributed by atoms with Gasteiger partial charge in [-0.25, -0.2) is 0 Å². The van der Waals surface area contributed by atoms with Gasteiger partial charge in [-0.3, -0.25) is 24.7 Å². The second-order valence-electron chi connectivity index (χ2n) is 3.42. The van der Waals surface area contributed by atoms with Crippen LogP contribution in [-0.2, 0) is 4.79 Å². The summed E-state index contributed by atoms with van der Waals surface area (Å²) in [6.07, 6.45) is 0.983. The van der Waals surface area contributed by atoms with Crippen molar-refractivity contribution in [2.45, 2.75) is 0 Å². The Hall–Kier alpha value is -2.57. The lowest BCUT2D eigenvalue weighted by Gasteiger charge is -2.13. The third kappa shape index (κ3) is 1.78. The molecule has 1 N–H and O–H groups in total. The van der Waals surface area contributed by atoms with Crippen LogP contribution in [0.3, 0.4) is 0 Å². The number of aliphatic carboxylic acids is 1. The number of nitro groups is 1. The number of aliphatic imine (C=N–C) groups is 1. The van der Waals surface area contributed by atoms with Crippen molar-refractivity contribution in [3.63, 3.8) is 0 Å². The highest BCUT2D eigenvalue weighted by atomic mass is 16.6. The van der Waals surface area contributed by atoms with E-state index in [1.807, 2.05) is 0 Å². The summed E-state index contributed by atoms with van der Waals surface area (Å²) in [7, 11) is 0. The zero-order valence-electron chi connectivity index (χ0n) is 8.36. The van der Waals surface area contributed by atoms with E-state index in [1.165, 1.54) is 6.07 Å². The highest BCUT2D eigenvalue weighted by Crippen LogP contribution is 2.30. The minimum Gasteiger partial charge on any atom is -0.480 e. The lowest BCUT2D eigenvalue weighted by Crippen LogP contribution is -2.27. The van der Waals surface area contributed by atoms with Crippen LogP contribution in [0.4, 0.5) is 11.4 Å². The standard InChI is InChI=1S/C10H6N2O5/c13-9-6-2-1-5(12(16)17)3-8(6)11-4-7(9)10(14)15/h1-4,7H,(H,14,15). The molecule has 0 bridgehead atoms. The maximum absolute atomic E-state index is 11.7. The van der Waals surface area contributed by atoms with E-state index in [0.717, 1.165) is 18.3 Å². The molecule has 1 unspecified atom stereocenters. The van der Waals surface area contributed by atoms with Gasteiger partial charge in [0.1, 0.15) is 0 Å². The van der Waals surface area contributed by atoms with Gasteiger partial charge >= 0.3 is 5.97 Å². The molecule has 1 aliphatic rings. The van der Waals surface area contributed by atoms with Gasteiger partial charge in [-0.15, -0.1) is 0 Å². The summed E-state index contributed by atoms with van der Waals surface area (Å²) >= 11 is 0. The van der Waals surface area contributed by atoms with E-state index in [1.54, 1.807) is 0 Å². The first-order valence-corrected chi connectivity index (χ1v) is 4.60. The molecule has 0 radical (unpaired) electrons. The molecule has 17 heavy (non-hydrogen) atoms. The Kier molecular flexibility index (Phi) is 2.43. The molecule has 0 aromatic heterocycles. The van der Waals surface area contributed by atoms with Crippen molar-refractivity contribution in [2.24, 2.45) is 10.9 Å². The van der Waals surface area contributed by atoms with Gasteiger partial charge in [0, 0.05) is 23.9 Å². The summed E-state index contributed by atoms with van der Waals surface area (Å²) in [5.41, 5.74) is 0.0228. The van der Waals surface area contributed by atoms with Gasteiger partial charge in [-0.2, -0.15) is 0 Å². The van der Waals surface area contributed by atoms with Crippen LogP contribution < -0.4 is 0 Å². The Bertz CT molecular complexity index is 564. The number of hydrogen-bond acceptors (Lipinski definition) is 5. The molecule has 1 aliphatic heterocycles. The number of carbonyl (C=O) groups is 2. The fraction of sp³-hybridized carbons (Fsp3) is 0.100. The van der Waals surface area contributed by atoms with Gasteiger partial charge in [-0.1, -0.05) is 0 Å². The molecule has 0 spiro atoms. The number of Topliss-reactive ketones (excluding diaryl/α,β-unsaturated/α-hetero) is 1. The first-order valence-electron chi connectivity index (χ1n) is 4.60. The summed E-state index contributed by atoms with van der Waals surface area (Å²) in [6.45, 7) is 0. The van der Waals surface area contributed by atoms with Crippen molar-refractivity contribution >= 4 is 29.3 Å². The number of carboxylic acid groups (broad SMARTS) is 1. The predicted molar refractivity (Wildman–Crippen MR) is 56.7 cm³/mol. The van der Waals surface area contributed by atoms with Crippen LogP contribution in [0.25, 0.3) is 0 Å². The van der Waals surface area contributed by atoms with Crippen molar-refractivity contribution < 1.29 is 19.6 Å². The summed E-state index contributed by atoms with van der Waals surface area (Å²) in [5, 5.41) is 19.3. The Morgan fingerprint density at radius 3 is 2.76 bits per heavy atom. The molecule has 0 saturated heterocycles. The summed E-state index contributed by atoms with van der Waals surface area (Å²) in [4.78, 5) is 36.1. The van der Waals surface area contributed by atoms with Crippen molar-refractivity contribution in [2.75, 3.05) is 0 Å². The van der Waals surface area contributed by atoms with Gasteiger partial charge in [0.25, 0.3) is 5.69 Å². The van der Waals surface area contributed by atoms with E-state index >= 15 is 0 Å². The van der Waals surface area contributed by atoms with Gasteiger partial charge in [-0.05, 0) is 6.07 Å². The maximum Gasteiger partial charge on any atom is 0.319 e. The number of non-ortho nitro benzene ring substituents is 1. The van der Waals surface area contributed by atoms with Crippen molar-refractivity contribution in [1.82, 2.24) is 0 Å². The molecule has 1 heterocycles. The van der Waals surface area contributed by atoms with E-state index in [0.29, 0.717) is 0 Å². The first-order chi connectivity index (χ1) is 8.00. The number of nitro benzene ring substituents is 1. The third-order valence-electron chi connectivity index (χ3n) is 2.37. The van der Waals surface area contributed by atoms with E-state index in [2.05, 4.69) is 4.99 Å². The van der Waals surface area contributed by atoms with Crippen LogP contribution >= 0.6 is 0 Å². The number of nitrogens with zero attached hydrogens (tertiary/aromatic N) is 2. The number of fused-ring (bicyclic) bond motifs is 1. The number of carbonyl (C=O) groups excluding carboxylic acids is 1. The van der Waals surface area contributed by atoms with Crippen molar-refractivity contribution in [3.05, 3.63) is 33.9 Å². The molecule has 1 aromatic carbocycles. The summed E-state index contributed by atoms with van der Waals surface area (Å²) in [6, 6.07) is 3.51. The molecule has 7 nitrogen and oxygen atoms in total. The number of hydrogen-bond donors (Lipinski definition) is 1. The third-order valence-corrected chi connectivity index (χ3v) is 2.37. The molecule has 0 amide bonds. The zero-order chi connectivity index (χ0) is 12.6. The van der Waals surface area contributed by atoms with Crippen LogP contribution in [0.1, 0.15) is 10.4 Å². The van der Waals surface area contributed by atoms with Crippen LogP contribution in [0.2, 0.25) is 0 Å². The molecule has 1 aromatic rings.